The summed E-state index contributed by atoms with van der Waals surface area (Å²) in [5, 5.41) is 2.72. The number of nitrogens with one attached hydrogen (secondary N) is 1. The first-order chi connectivity index (χ1) is 11.7. The van der Waals surface area contributed by atoms with E-state index in [0.717, 1.165) is 31.9 Å². The quantitative estimate of drug-likeness (QED) is 0.878. The fraction of sp³-hybridized carbons (Fsp3) is 0.556. The number of carbonyl (C=O) groups excluding carboxylic acids is 2. The highest BCUT2D eigenvalue weighted by atomic mass is 16.5. The number of ether oxygens (including phenoxy) is 1. The minimum atomic E-state index is -0.231. The van der Waals surface area contributed by atoms with Crippen molar-refractivity contribution in [3.8, 4) is 5.75 Å². The van der Waals surface area contributed by atoms with Crippen LogP contribution in [0.15, 0.2) is 24.3 Å². The van der Waals surface area contributed by atoms with Gasteiger partial charge >= 0.3 is 0 Å². The maximum Gasteiger partial charge on any atom is 0.251 e. The average Bonchev–Trinajstić information content (AvgIpc) is 3.08. The summed E-state index contributed by atoms with van der Waals surface area (Å²) in [6.07, 6.45) is 2.39. The molecule has 1 atom stereocenters. The summed E-state index contributed by atoms with van der Waals surface area (Å²) in [7, 11) is 0. The van der Waals surface area contributed by atoms with Gasteiger partial charge in [-0.25, -0.2) is 0 Å². The van der Waals surface area contributed by atoms with E-state index < -0.39 is 0 Å². The fourth-order valence-corrected chi connectivity index (χ4v) is 3.46. The lowest BCUT2D eigenvalue weighted by Gasteiger charge is -2.37. The molecule has 0 aromatic heterocycles. The van der Waals surface area contributed by atoms with E-state index in [0.29, 0.717) is 18.2 Å². The number of fused-ring (bicyclic) bond motifs is 1. The molecule has 2 amide bonds. The molecule has 6 nitrogen and oxygen atoms in total. The van der Waals surface area contributed by atoms with Crippen molar-refractivity contribution in [3.05, 3.63) is 29.8 Å². The summed E-state index contributed by atoms with van der Waals surface area (Å²) in [4.78, 5) is 28.8. The number of nitrogens with zero attached hydrogens (tertiary/aromatic N) is 2. The minimum Gasteiger partial charge on any atom is -0.494 e. The lowest BCUT2D eigenvalue weighted by atomic mass is 10.1. The normalized spacial score (nSPS) is 20.5. The first-order valence-corrected chi connectivity index (χ1v) is 8.70. The summed E-state index contributed by atoms with van der Waals surface area (Å²) in [6, 6.07) is 7.45. The zero-order valence-electron chi connectivity index (χ0n) is 14.2. The molecular weight excluding hydrogens is 306 g/mol. The number of benzene rings is 1. The molecule has 1 unspecified atom stereocenters. The highest BCUT2D eigenvalue weighted by Gasteiger charge is 2.32. The molecule has 24 heavy (non-hydrogen) atoms. The van der Waals surface area contributed by atoms with Gasteiger partial charge < -0.3 is 15.0 Å². The Hall–Kier alpha value is -2.08. The van der Waals surface area contributed by atoms with Gasteiger partial charge in [0.15, 0.2) is 0 Å². The molecule has 2 saturated heterocycles. The van der Waals surface area contributed by atoms with Crippen molar-refractivity contribution in [1.82, 2.24) is 15.1 Å². The van der Waals surface area contributed by atoms with Crippen LogP contribution in [0.25, 0.3) is 0 Å². The van der Waals surface area contributed by atoms with Gasteiger partial charge in [0, 0.05) is 31.2 Å². The standard InChI is InChI=1S/C18H25N3O3/c1-2-24-16-7-5-14(6-8-16)18(23)19-12-17(22)21-11-10-20-9-3-4-15(20)13-21/h5-8,15H,2-4,9-13H2,1H3,(H,19,23). The maximum atomic E-state index is 12.3. The second-order valence-corrected chi connectivity index (χ2v) is 6.31. The minimum absolute atomic E-state index is 0.000775. The van der Waals surface area contributed by atoms with Gasteiger partial charge in [0.1, 0.15) is 5.75 Å². The number of amides is 2. The van der Waals surface area contributed by atoms with Gasteiger partial charge in [0.2, 0.25) is 5.91 Å². The number of carbonyl (C=O) groups is 2. The predicted octanol–water partition coefficient (Wildman–Crippen LogP) is 1.12. The van der Waals surface area contributed by atoms with E-state index in [2.05, 4.69) is 10.2 Å². The zero-order chi connectivity index (χ0) is 16.9. The summed E-state index contributed by atoms with van der Waals surface area (Å²) in [5.74, 6) is 0.506. The third kappa shape index (κ3) is 3.87. The molecule has 0 bridgehead atoms. The molecule has 0 saturated carbocycles. The molecule has 0 aliphatic carbocycles. The Morgan fingerprint density at radius 1 is 1.21 bits per heavy atom. The van der Waals surface area contributed by atoms with Gasteiger partial charge in [-0.05, 0) is 50.6 Å². The Labute approximate surface area is 142 Å². The number of hydrogen-bond acceptors (Lipinski definition) is 4. The van der Waals surface area contributed by atoms with E-state index in [1.54, 1.807) is 24.3 Å². The van der Waals surface area contributed by atoms with Crippen molar-refractivity contribution in [3.63, 3.8) is 0 Å². The van der Waals surface area contributed by atoms with Crippen molar-refractivity contribution in [1.29, 1.82) is 0 Å². The summed E-state index contributed by atoms with van der Waals surface area (Å²) in [5.41, 5.74) is 0.534. The van der Waals surface area contributed by atoms with Gasteiger partial charge in [-0.3, -0.25) is 14.5 Å². The van der Waals surface area contributed by atoms with Gasteiger partial charge in [-0.15, -0.1) is 0 Å². The molecule has 6 heteroatoms. The van der Waals surface area contributed by atoms with Crippen LogP contribution >= 0.6 is 0 Å². The van der Waals surface area contributed by atoms with Crippen molar-refractivity contribution in [2.45, 2.75) is 25.8 Å². The number of rotatable bonds is 5. The monoisotopic (exact) mass is 331 g/mol. The van der Waals surface area contributed by atoms with Crippen LogP contribution in [0.2, 0.25) is 0 Å². The molecule has 1 N–H and O–H groups in total. The first kappa shape index (κ1) is 16.8. The van der Waals surface area contributed by atoms with Crippen LogP contribution in [0.3, 0.4) is 0 Å². The second-order valence-electron chi connectivity index (χ2n) is 6.31. The van der Waals surface area contributed by atoms with Crippen LogP contribution in [0.5, 0.6) is 5.75 Å². The van der Waals surface area contributed by atoms with Crippen LogP contribution in [0, 0.1) is 0 Å². The molecule has 0 spiro atoms. The van der Waals surface area contributed by atoms with E-state index in [-0.39, 0.29) is 18.4 Å². The van der Waals surface area contributed by atoms with E-state index in [1.165, 1.54) is 12.8 Å². The van der Waals surface area contributed by atoms with E-state index >= 15 is 0 Å². The molecule has 1 aromatic carbocycles. The molecule has 1 aromatic rings. The number of hydrogen-bond donors (Lipinski definition) is 1. The molecule has 2 fully saturated rings. The Bertz CT molecular complexity index is 588. The molecule has 2 aliphatic rings. The van der Waals surface area contributed by atoms with E-state index in [1.807, 2.05) is 11.8 Å². The van der Waals surface area contributed by atoms with Gasteiger partial charge in [-0.1, -0.05) is 0 Å². The Kier molecular flexibility index (Phi) is 5.35. The van der Waals surface area contributed by atoms with Crippen molar-refractivity contribution in [2.75, 3.05) is 39.3 Å². The largest absolute Gasteiger partial charge is 0.494 e. The van der Waals surface area contributed by atoms with E-state index in [4.69, 9.17) is 4.74 Å². The van der Waals surface area contributed by atoms with Crippen LogP contribution in [0.4, 0.5) is 0 Å². The zero-order valence-corrected chi connectivity index (χ0v) is 14.2. The Morgan fingerprint density at radius 2 is 2.00 bits per heavy atom. The summed E-state index contributed by atoms with van der Waals surface area (Å²) in [6.45, 7) is 6.21. The molecule has 130 valence electrons. The van der Waals surface area contributed by atoms with Crippen LogP contribution in [0.1, 0.15) is 30.1 Å². The SMILES string of the molecule is CCOc1ccc(C(=O)NCC(=O)N2CCN3CCCC3C2)cc1. The Balaban J connectivity index is 1.47. The van der Waals surface area contributed by atoms with Gasteiger partial charge in [0.25, 0.3) is 5.91 Å². The first-order valence-electron chi connectivity index (χ1n) is 8.70. The maximum absolute atomic E-state index is 12.3. The third-order valence-electron chi connectivity index (χ3n) is 4.77. The third-order valence-corrected chi connectivity index (χ3v) is 4.77. The Morgan fingerprint density at radius 3 is 2.75 bits per heavy atom. The van der Waals surface area contributed by atoms with Crippen LogP contribution in [-0.4, -0.2) is 67.0 Å². The number of piperazine rings is 1. The second kappa shape index (κ2) is 7.66. The van der Waals surface area contributed by atoms with Crippen LogP contribution < -0.4 is 10.1 Å². The van der Waals surface area contributed by atoms with E-state index in [9.17, 15) is 9.59 Å². The van der Waals surface area contributed by atoms with Gasteiger partial charge in [0.05, 0.1) is 13.2 Å². The molecule has 2 heterocycles. The summed E-state index contributed by atoms with van der Waals surface area (Å²) < 4.78 is 5.36. The fourth-order valence-electron chi connectivity index (χ4n) is 3.46. The average molecular weight is 331 g/mol. The van der Waals surface area contributed by atoms with Crippen molar-refractivity contribution < 1.29 is 14.3 Å². The molecule has 3 rings (SSSR count). The molecule has 2 aliphatic heterocycles. The topological polar surface area (TPSA) is 61.9 Å². The smallest absolute Gasteiger partial charge is 0.251 e. The predicted molar refractivity (Wildman–Crippen MR) is 91.1 cm³/mol. The van der Waals surface area contributed by atoms with Crippen molar-refractivity contribution in [2.24, 2.45) is 0 Å². The highest BCUT2D eigenvalue weighted by Crippen LogP contribution is 2.21. The van der Waals surface area contributed by atoms with Crippen LogP contribution in [-0.2, 0) is 4.79 Å². The molecule has 0 radical (unpaired) electrons. The summed E-state index contributed by atoms with van der Waals surface area (Å²) >= 11 is 0. The highest BCUT2D eigenvalue weighted by molar-refractivity contribution is 5.96. The lowest BCUT2D eigenvalue weighted by molar-refractivity contribution is -0.132. The van der Waals surface area contributed by atoms with Crippen molar-refractivity contribution >= 4 is 11.8 Å². The van der Waals surface area contributed by atoms with Gasteiger partial charge in [-0.2, -0.15) is 0 Å². The lowest BCUT2D eigenvalue weighted by Crippen LogP contribution is -2.54. The molecular formula is C18H25N3O3.